The van der Waals surface area contributed by atoms with E-state index in [-0.39, 0.29) is 0 Å². The summed E-state index contributed by atoms with van der Waals surface area (Å²) in [5.41, 5.74) is 12.4. The number of rotatable bonds is 4. The van der Waals surface area contributed by atoms with Gasteiger partial charge in [-0.25, -0.2) is 0 Å². The van der Waals surface area contributed by atoms with Gasteiger partial charge in [0.25, 0.3) is 0 Å². The van der Waals surface area contributed by atoms with Crippen LogP contribution < -0.4 is 0 Å². The van der Waals surface area contributed by atoms with Gasteiger partial charge < -0.3 is 13.7 Å². The quantitative estimate of drug-likeness (QED) is 0.184. The molecule has 254 valence electrons. The highest BCUT2D eigenvalue weighted by Crippen LogP contribution is 2.39. The first-order chi connectivity index (χ1) is 27.2. The fraction of sp³-hybridized carbons (Fsp3) is 0. The van der Waals surface area contributed by atoms with Crippen LogP contribution in [0.25, 0.3) is 93.6 Å². The Morgan fingerprint density at radius 3 is 1.33 bits per heavy atom. The standard InChI is InChI=1S/C50H29N5/c51-30-32-17-24-42-43-25-23-37(54-47-15-7-3-11-40(47)41-12-4-8-16-48(41)54)29-50(43)55(49(42)27-32)44-26-20-34(28-35(44)31-52)33-18-21-36(22-19-33)53-45-13-5-1-9-38(45)39-10-2-6-14-46(39)53/h1-29H. The van der Waals surface area contributed by atoms with Gasteiger partial charge in [0.1, 0.15) is 6.07 Å². The van der Waals surface area contributed by atoms with Crippen LogP contribution >= 0.6 is 0 Å². The highest BCUT2D eigenvalue weighted by molar-refractivity contribution is 6.12. The summed E-state index contributed by atoms with van der Waals surface area (Å²) in [4.78, 5) is 0. The van der Waals surface area contributed by atoms with Gasteiger partial charge in [-0.15, -0.1) is 0 Å². The molecule has 0 aliphatic heterocycles. The predicted molar refractivity (Wildman–Crippen MR) is 224 cm³/mol. The smallest absolute Gasteiger partial charge is 0.101 e. The number of hydrogen-bond donors (Lipinski definition) is 0. The number of aromatic nitrogens is 3. The Hall–Kier alpha value is -7.86. The van der Waals surface area contributed by atoms with Gasteiger partial charge in [-0.05, 0) is 83.9 Å². The maximum atomic E-state index is 10.7. The van der Waals surface area contributed by atoms with E-state index in [0.717, 1.165) is 61.0 Å². The van der Waals surface area contributed by atoms with Gasteiger partial charge in [-0.1, -0.05) is 103 Å². The molecule has 0 N–H and O–H groups in total. The molecule has 3 heterocycles. The zero-order valence-corrected chi connectivity index (χ0v) is 29.5. The van der Waals surface area contributed by atoms with E-state index in [4.69, 9.17) is 0 Å². The van der Waals surface area contributed by atoms with Crippen LogP contribution in [0.3, 0.4) is 0 Å². The molecule has 3 aromatic heterocycles. The van der Waals surface area contributed by atoms with Crippen LogP contribution in [-0.4, -0.2) is 13.7 Å². The van der Waals surface area contributed by atoms with Crippen molar-refractivity contribution in [2.24, 2.45) is 0 Å². The molecule has 0 unspecified atom stereocenters. The molecular formula is C50H29N5. The summed E-state index contributed by atoms with van der Waals surface area (Å²) in [6.45, 7) is 0. The summed E-state index contributed by atoms with van der Waals surface area (Å²) >= 11 is 0. The monoisotopic (exact) mass is 699 g/mol. The van der Waals surface area contributed by atoms with Gasteiger partial charge in [0.05, 0.1) is 56.0 Å². The molecule has 0 radical (unpaired) electrons. The van der Waals surface area contributed by atoms with Crippen LogP contribution in [0.1, 0.15) is 11.1 Å². The van der Waals surface area contributed by atoms with E-state index in [1.165, 1.54) is 32.6 Å². The molecule has 8 aromatic carbocycles. The lowest BCUT2D eigenvalue weighted by molar-refractivity contribution is 1.15. The Bertz CT molecular complexity index is 3350. The van der Waals surface area contributed by atoms with Gasteiger partial charge in [-0.2, -0.15) is 10.5 Å². The topological polar surface area (TPSA) is 62.4 Å². The van der Waals surface area contributed by atoms with Crippen molar-refractivity contribution in [3.05, 3.63) is 187 Å². The number of para-hydroxylation sites is 4. The third-order valence-corrected chi connectivity index (χ3v) is 11.1. The molecular weight excluding hydrogens is 671 g/mol. The minimum absolute atomic E-state index is 0.549. The van der Waals surface area contributed by atoms with Crippen LogP contribution in [0, 0.1) is 22.7 Å². The van der Waals surface area contributed by atoms with Crippen molar-refractivity contribution in [2.45, 2.75) is 0 Å². The second-order valence-corrected chi connectivity index (χ2v) is 14.0. The molecule has 11 rings (SSSR count). The largest absolute Gasteiger partial charge is 0.309 e. The summed E-state index contributed by atoms with van der Waals surface area (Å²) in [6, 6.07) is 65.9. The predicted octanol–water partition coefficient (Wildman–Crippen LogP) is 12.4. The van der Waals surface area contributed by atoms with E-state index in [9.17, 15) is 10.5 Å². The number of nitrogens with zero attached hydrogens (tertiary/aromatic N) is 5. The molecule has 11 aromatic rings. The van der Waals surface area contributed by atoms with Crippen molar-refractivity contribution in [1.29, 1.82) is 10.5 Å². The molecule has 0 amide bonds. The SMILES string of the molecule is N#Cc1ccc2c3ccc(-n4c5ccccc5c5ccccc54)cc3n(-c3ccc(-c4ccc(-n5c6ccccc6c6ccccc65)cc4)cc3C#N)c2c1. The zero-order chi connectivity index (χ0) is 36.6. The van der Waals surface area contributed by atoms with Crippen LogP contribution in [-0.2, 0) is 0 Å². The fourth-order valence-corrected chi connectivity index (χ4v) is 8.68. The van der Waals surface area contributed by atoms with E-state index in [1.54, 1.807) is 0 Å². The number of nitriles is 2. The Balaban J connectivity index is 1.07. The minimum Gasteiger partial charge on any atom is -0.309 e. The van der Waals surface area contributed by atoms with Crippen molar-refractivity contribution in [3.63, 3.8) is 0 Å². The first-order valence-corrected chi connectivity index (χ1v) is 18.3. The summed E-state index contributed by atoms with van der Waals surface area (Å²) in [5.74, 6) is 0. The van der Waals surface area contributed by atoms with Crippen molar-refractivity contribution in [1.82, 2.24) is 13.7 Å². The third kappa shape index (κ3) is 4.51. The van der Waals surface area contributed by atoms with E-state index in [1.807, 2.05) is 30.3 Å². The molecule has 0 spiro atoms. The summed E-state index contributed by atoms with van der Waals surface area (Å²) in [5, 5.41) is 27.6. The molecule has 0 bridgehead atoms. The summed E-state index contributed by atoms with van der Waals surface area (Å²) in [7, 11) is 0. The highest BCUT2D eigenvalue weighted by Gasteiger charge is 2.19. The normalized spacial score (nSPS) is 11.6. The second-order valence-electron chi connectivity index (χ2n) is 14.0. The van der Waals surface area contributed by atoms with Crippen molar-refractivity contribution >= 4 is 65.4 Å². The molecule has 0 saturated carbocycles. The van der Waals surface area contributed by atoms with Gasteiger partial charge in [0.2, 0.25) is 0 Å². The van der Waals surface area contributed by atoms with Crippen LogP contribution in [0.2, 0.25) is 0 Å². The first kappa shape index (κ1) is 30.7. The van der Waals surface area contributed by atoms with Crippen molar-refractivity contribution in [2.75, 3.05) is 0 Å². The first-order valence-electron chi connectivity index (χ1n) is 18.3. The van der Waals surface area contributed by atoms with Gasteiger partial charge in [0.15, 0.2) is 0 Å². The Morgan fingerprint density at radius 2 is 0.782 bits per heavy atom. The van der Waals surface area contributed by atoms with E-state index >= 15 is 0 Å². The third-order valence-electron chi connectivity index (χ3n) is 11.1. The minimum atomic E-state index is 0.549. The number of hydrogen-bond acceptors (Lipinski definition) is 2. The van der Waals surface area contributed by atoms with Crippen molar-refractivity contribution in [3.8, 4) is 40.3 Å². The lowest BCUT2D eigenvalue weighted by atomic mass is 10.0. The van der Waals surface area contributed by atoms with E-state index in [2.05, 4.69) is 171 Å². The van der Waals surface area contributed by atoms with E-state index < -0.39 is 0 Å². The Labute approximate surface area is 316 Å². The van der Waals surface area contributed by atoms with Gasteiger partial charge in [-0.3, -0.25) is 0 Å². The van der Waals surface area contributed by atoms with Crippen LogP contribution in [0.5, 0.6) is 0 Å². The molecule has 0 atom stereocenters. The highest BCUT2D eigenvalue weighted by atomic mass is 15.0. The molecule has 5 heteroatoms. The second kappa shape index (κ2) is 11.8. The van der Waals surface area contributed by atoms with E-state index in [0.29, 0.717) is 11.1 Å². The molecule has 0 aliphatic carbocycles. The maximum absolute atomic E-state index is 10.7. The summed E-state index contributed by atoms with van der Waals surface area (Å²) < 4.78 is 6.77. The molecule has 0 aliphatic rings. The zero-order valence-electron chi connectivity index (χ0n) is 29.5. The number of fused-ring (bicyclic) bond motifs is 9. The average Bonchev–Trinajstić information content (AvgIpc) is 3.88. The van der Waals surface area contributed by atoms with Gasteiger partial charge in [0, 0.05) is 43.7 Å². The lowest BCUT2D eigenvalue weighted by Crippen LogP contribution is -2.00. The molecule has 5 nitrogen and oxygen atoms in total. The molecule has 0 fully saturated rings. The van der Waals surface area contributed by atoms with Gasteiger partial charge >= 0.3 is 0 Å². The maximum Gasteiger partial charge on any atom is 0.101 e. The number of benzene rings is 8. The van der Waals surface area contributed by atoms with Crippen LogP contribution in [0.4, 0.5) is 0 Å². The molecule has 0 saturated heterocycles. The molecule has 55 heavy (non-hydrogen) atoms. The fourth-order valence-electron chi connectivity index (χ4n) is 8.68. The van der Waals surface area contributed by atoms with Crippen LogP contribution in [0.15, 0.2) is 176 Å². The summed E-state index contributed by atoms with van der Waals surface area (Å²) in [6.07, 6.45) is 0. The van der Waals surface area contributed by atoms with Crippen molar-refractivity contribution < 1.29 is 0 Å². The average molecular weight is 700 g/mol. The Kier molecular flexibility index (Phi) is 6.61. The Morgan fingerprint density at radius 1 is 0.327 bits per heavy atom. The lowest BCUT2D eigenvalue weighted by Gasteiger charge is -2.14.